The Labute approximate surface area is 123 Å². The van der Waals surface area contributed by atoms with E-state index in [0.717, 1.165) is 23.9 Å². The second kappa shape index (κ2) is 5.63. The highest BCUT2D eigenvalue weighted by Gasteiger charge is 2.38. The summed E-state index contributed by atoms with van der Waals surface area (Å²) in [6.07, 6.45) is 2.06. The Balaban J connectivity index is 2.24. The Morgan fingerprint density at radius 2 is 2.21 bits per heavy atom. The van der Waals surface area contributed by atoms with E-state index in [9.17, 15) is 4.79 Å². The molecule has 1 amide bonds. The number of benzene rings is 1. The average Bonchev–Trinajstić information content (AvgIpc) is 2.86. The summed E-state index contributed by atoms with van der Waals surface area (Å²) >= 11 is 3.49. The highest BCUT2D eigenvalue weighted by Crippen LogP contribution is 2.34. The number of carbonyl (C=O) groups is 1. The fourth-order valence-electron chi connectivity index (χ4n) is 2.50. The molecule has 0 aromatic heterocycles. The molecule has 1 saturated heterocycles. The minimum absolute atomic E-state index is 0.0671. The highest BCUT2D eigenvalue weighted by atomic mass is 79.9. The Morgan fingerprint density at radius 1 is 1.47 bits per heavy atom. The molecule has 0 radical (unpaired) electrons. The van der Waals surface area contributed by atoms with E-state index in [1.54, 1.807) is 7.11 Å². The smallest absolute Gasteiger partial charge is 0.254 e. The molecule has 3 nitrogen and oxygen atoms in total. The standard InChI is InChI=1S/C15H20BrNO2/c1-15(2,19-3)14(18)17-9-5-8-13(17)11-6-4-7-12(16)10-11/h4,6-7,10,13H,5,8-9H2,1-3H3. The summed E-state index contributed by atoms with van der Waals surface area (Å²) in [5.74, 6) is 0.0671. The van der Waals surface area contributed by atoms with Crippen LogP contribution in [0.5, 0.6) is 0 Å². The number of halogens is 1. The lowest BCUT2D eigenvalue weighted by atomic mass is 10.0. The number of likely N-dealkylation sites (tertiary alicyclic amines) is 1. The van der Waals surface area contributed by atoms with E-state index in [0.29, 0.717) is 0 Å². The van der Waals surface area contributed by atoms with Gasteiger partial charge in [0, 0.05) is 18.1 Å². The summed E-state index contributed by atoms with van der Waals surface area (Å²) in [4.78, 5) is 14.5. The van der Waals surface area contributed by atoms with Gasteiger partial charge in [0.1, 0.15) is 5.60 Å². The van der Waals surface area contributed by atoms with Crippen LogP contribution in [0.2, 0.25) is 0 Å². The van der Waals surface area contributed by atoms with Gasteiger partial charge in [0.2, 0.25) is 0 Å². The molecule has 1 heterocycles. The van der Waals surface area contributed by atoms with Crippen molar-refractivity contribution in [3.05, 3.63) is 34.3 Å². The van der Waals surface area contributed by atoms with Gasteiger partial charge in [-0.15, -0.1) is 0 Å². The van der Waals surface area contributed by atoms with Crippen molar-refractivity contribution >= 4 is 21.8 Å². The first-order valence-electron chi connectivity index (χ1n) is 6.57. The number of amides is 1. The lowest BCUT2D eigenvalue weighted by Crippen LogP contribution is -2.46. The van der Waals surface area contributed by atoms with Crippen molar-refractivity contribution in [2.24, 2.45) is 0 Å². The van der Waals surface area contributed by atoms with E-state index < -0.39 is 5.60 Å². The predicted molar refractivity (Wildman–Crippen MR) is 78.9 cm³/mol. The van der Waals surface area contributed by atoms with E-state index in [2.05, 4.69) is 28.1 Å². The molecule has 1 aliphatic heterocycles. The van der Waals surface area contributed by atoms with Gasteiger partial charge in [-0.05, 0) is 44.4 Å². The normalized spacial score (nSPS) is 19.8. The number of methoxy groups -OCH3 is 1. The summed E-state index contributed by atoms with van der Waals surface area (Å²) in [5, 5.41) is 0. The molecule has 1 atom stereocenters. The van der Waals surface area contributed by atoms with Crippen LogP contribution in [-0.4, -0.2) is 30.1 Å². The largest absolute Gasteiger partial charge is 0.369 e. The van der Waals surface area contributed by atoms with Crippen molar-refractivity contribution in [1.82, 2.24) is 4.90 Å². The molecule has 1 aliphatic rings. The lowest BCUT2D eigenvalue weighted by molar-refractivity contribution is -0.152. The number of ether oxygens (including phenoxy) is 1. The van der Waals surface area contributed by atoms with Gasteiger partial charge in [-0.25, -0.2) is 0 Å². The van der Waals surface area contributed by atoms with Gasteiger partial charge in [-0.2, -0.15) is 0 Å². The zero-order chi connectivity index (χ0) is 14.0. The van der Waals surface area contributed by atoms with E-state index in [1.165, 1.54) is 5.56 Å². The van der Waals surface area contributed by atoms with Crippen LogP contribution in [0.4, 0.5) is 0 Å². The van der Waals surface area contributed by atoms with Gasteiger partial charge >= 0.3 is 0 Å². The average molecular weight is 326 g/mol. The first kappa shape index (κ1) is 14.5. The van der Waals surface area contributed by atoms with Crippen LogP contribution in [0.3, 0.4) is 0 Å². The molecular formula is C15H20BrNO2. The molecule has 1 fully saturated rings. The molecule has 0 aliphatic carbocycles. The number of carbonyl (C=O) groups excluding carboxylic acids is 1. The van der Waals surface area contributed by atoms with Crippen LogP contribution in [0, 0.1) is 0 Å². The molecule has 2 rings (SSSR count). The molecule has 0 bridgehead atoms. The van der Waals surface area contributed by atoms with Crippen LogP contribution in [0.25, 0.3) is 0 Å². The van der Waals surface area contributed by atoms with Crippen molar-refractivity contribution in [1.29, 1.82) is 0 Å². The molecule has 1 aromatic rings. The molecule has 0 N–H and O–H groups in total. The molecule has 104 valence electrons. The maximum absolute atomic E-state index is 12.6. The summed E-state index contributed by atoms with van der Waals surface area (Å²) in [6.45, 7) is 4.46. The van der Waals surface area contributed by atoms with Crippen molar-refractivity contribution in [3.63, 3.8) is 0 Å². The molecule has 1 aromatic carbocycles. The minimum atomic E-state index is -0.755. The summed E-state index contributed by atoms with van der Waals surface area (Å²) in [7, 11) is 1.59. The van der Waals surface area contributed by atoms with Gasteiger partial charge < -0.3 is 9.64 Å². The molecular weight excluding hydrogens is 306 g/mol. The summed E-state index contributed by atoms with van der Waals surface area (Å²) < 4.78 is 6.37. The van der Waals surface area contributed by atoms with E-state index >= 15 is 0 Å². The van der Waals surface area contributed by atoms with Crippen molar-refractivity contribution < 1.29 is 9.53 Å². The molecule has 0 saturated carbocycles. The summed E-state index contributed by atoms with van der Waals surface area (Å²) in [6, 6.07) is 8.36. The maximum Gasteiger partial charge on any atom is 0.254 e. The van der Waals surface area contributed by atoms with Gasteiger partial charge in [-0.1, -0.05) is 28.1 Å². The monoisotopic (exact) mass is 325 g/mol. The third-order valence-electron chi connectivity index (χ3n) is 3.77. The van der Waals surface area contributed by atoms with Crippen LogP contribution < -0.4 is 0 Å². The number of nitrogens with zero attached hydrogens (tertiary/aromatic N) is 1. The molecule has 0 spiro atoms. The third-order valence-corrected chi connectivity index (χ3v) is 4.27. The lowest BCUT2D eigenvalue weighted by Gasteiger charge is -2.32. The van der Waals surface area contributed by atoms with Gasteiger partial charge in [0.15, 0.2) is 0 Å². The Kier molecular flexibility index (Phi) is 4.31. The van der Waals surface area contributed by atoms with Crippen molar-refractivity contribution in [2.75, 3.05) is 13.7 Å². The zero-order valence-corrected chi connectivity index (χ0v) is 13.2. The van der Waals surface area contributed by atoms with Crippen molar-refractivity contribution in [3.8, 4) is 0 Å². The number of hydrogen-bond donors (Lipinski definition) is 0. The van der Waals surface area contributed by atoms with Gasteiger partial charge in [0.05, 0.1) is 6.04 Å². The summed E-state index contributed by atoms with van der Waals surface area (Å²) in [5.41, 5.74) is 0.432. The van der Waals surface area contributed by atoms with Crippen LogP contribution in [0.15, 0.2) is 28.7 Å². The SMILES string of the molecule is COC(C)(C)C(=O)N1CCCC1c1cccc(Br)c1. The van der Waals surface area contributed by atoms with E-state index in [-0.39, 0.29) is 11.9 Å². The van der Waals surface area contributed by atoms with E-state index in [1.807, 2.05) is 30.9 Å². The van der Waals surface area contributed by atoms with Gasteiger partial charge in [-0.3, -0.25) is 4.79 Å². The maximum atomic E-state index is 12.6. The fourth-order valence-corrected chi connectivity index (χ4v) is 2.92. The topological polar surface area (TPSA) is 29.5 Å². The second-order valence-corrected chi connectivity index (χ2v) is 6.34. The zero-order valence-electron chi connectivity index (χ0n) is 11.6. The van der Waals surface area contributed by atoms with E-state index in [4.69, 9.17) is 4.74 Å². The Morgan fingerprint density at radius 3 is 2.84 bits per heavy atom. The van der Waals surface area contributed by atoms with Crippen LogP contribution in [0.1, 0.15) is 38.3 Å². The molecule has 1 unspecified atom stereocenters. The predicted octanol–water partition coefficient (Wildman–Crippen LogP) is 3.54. The fraction of sp³-hybridized carbons (Fsp3) is 0.533. The van der Waals surface area contributed by atoms with Crippen LogP contribution in [-0.2, 0) is 9.53 Å². The second-order valence-electron chi connectivity index (χ2n) is 5.43. The Bertz CT molecular complexity index is 473. The number of rotatable bonds is 3. The quantitative estimate of drug-likeness (QED) is 0.850. The third kappa shape index (κ3) is 3.00. The van der Waals surface area contributed by atoms with Crippen LogP contribution >= 0.6 is 15.9 Å². The first-order chi connectivity index (χ1) is 8.95. The molecule has 19 heavy (non-hydrogen) atoms. The first-order valence-corrected chi connectivity index (χ1v) is 7.36. The Hall–Kier alpha value is -0.870. The highest BCUT2D eigenvalue weighted by molar-refractivity contribution is 9.10. The minimum Gasteiger partial charge on any atom is -0.369 e. The molecule has 4 heteroatoms. The van der Waals surface area contributed by atoms with Gasteiger partial charge in [0.25, 0.3) is 5.91 Å². The van der Waals surface area contributed by atoms with Crippen molar-refractivity contribution in [2.45, 2.75) is 38.3 Å². The number of hydrogen-bond acceptors (Lipinski definition) is 2.